The van der Waals surface area contributed by atoms with Crippen LogP contribution in [-0.2, 0) is 0 Å². The lowest BCUT2D eigenvalue weighted by Crippen LogP contribution is -2.12. The zero-order valence-corrected chi connectivity index (χ0v) is 14.3. The van der Waals surface area contributed by atoms with Crippen molar-refractivity contribution in [1.82, 2.24) is 0 Å². The van der Waals surface area contributed by atoms with Gasteiger partial charge in [0.1, 0.15) is 5.75 Å². The number of hydrogen-bond acceptors (Lipinski definition) is 3. The van der Waals surface area contributed by atoms with Crippen LogP contribution in [0.3, 0.4) is 0 Å². The number of rotatable bonds is 5. The third-order valence-electron chi connectivity index (χ3n) is 3.02. The van der Waals surface area contributed by atoms with Crippen LogP contribution in [0.4, 0.5) is 4.39 Å². The number of carbonyl (C=O) groups is 1. The molecule has 0 radical (unpaired) electrons. The van der Waals surface area contributed by atoms with Crippen LogP contribution in [0.5, 0.6) is 11.5 Å². The van der Waals surface area contributed by atoms with E-state index in [-0.39, 0.29) is 23.7 Å². The molecule has 2 rings (SSSR count). The van der Waals surface area contributed by atoms with E-state index in [0.29, 0.717) is 10.8 Å². The summed E-state index contributed by atoms with van der Waals surface area (Å²) in [6.07, 6.45) is 0. The second-order valence-electron chi connectivity index (χ2n) is 4.59. The van der Waals surface area contributed by atoms with Gasteiger partial charge in [-0.2, -0.15) is 0 Å². The van der Waals surface area contributed by atoms with E-state index in [1.807, 2.05) is 13.0 Å². The number of ketones is 1. The zero-order chi connectivity index (χ0) is 16.3. The molecule has 6 heteroatoms. The van der Waals surface area contributed by atoms with Gasteiger partial charge in [-0.25, -0.2) is 4.39 Å². The molecule has 2 aromatic rings. The van der Waals surface area contributed by atoms with Gasteiger partial charge < -0.3 is 9.47 Å². The third kappa shape index (κ3) is 3.78. The molecule has 0 aliphatic heterocycles. The predicted molar refractivity (Wildman–Crippen MR) is 86.7 cm³/mol. The minimum Gasteiger partial charge on any atom is -0.494 e. The number of halogens is 3. The van der Waals surface area contributed by atoms with Gasteiger partial charge in [0.05, 0.1) is 12.1 Å². The molecule has 0 N–H and O–H groups in total. The summed E-state index contributed by atoms with van der Waals surface area (Å²) >= 11 is 9.41. The summed E-state index contributed by atoms with van der Waals surface area (Å²) in [6, 6.07) is 7.53. The van der Waals surface area contributed by atoms with Crippen LogP contribution in [0.2, 0.25) is 5.02 Å². The monoisotopic (exact) mass is 386 g/mol. The molecule has 0 aromatic heterocycles. The fourth-order valence-electron chi connectivity index (χ4n) is 1.93. The highest BCUT2D eigenvalue weighted by Gasteiger charge is 2.13. The number of benzene rings is 2. The number of methoxy groups -OCH3 is 1. The Kier molecular flexibility index (Phi) is 5.42. The topological polar surface area (TPSA) is 35.5 Å². The van der Waals surface area contributed by atoms with Crippen molar-refractivity contribution >= 4 is 33.3 Å². The molecule has 0 heterocycles. The van der Waals surface area contributed by atoms with Gasteiger partial charge in [0.25, 0.3) is 0 Å². The van der Waals surface area contributed by atoms with Crippen molar-refractivity contribution in [3.63, 3.8) is 0 Å². The second-order valence-corrected chi connectivity index (χ2v) is 5.92. The van der Waals surface area contributed by atoms with E-state index in [1.165, 1.54) is 19.2 Å². The van der Waals surface area contributed by atoms with Crippen LogP contribution in [0.1, 0.15) is 15.9 Å². The molecular formula is C16H13BrClFO3. The van der Waals surface area contributed by atoms with E-state index in [2.05, 4.69) is 15.9 Å². The first kappa shape index (κ1) is 16.8. The molecule has 0 fully saturated rings. The highest BCUT2D eigenvalue weighted by molar-refractivity contribution is 9.10. The Hall–Kier alpha value is -1.59. The van der Waals surface area contributed by atoms with Crippen molar-refractivity contribution in [2.24, 2.45) is 0 Å². The average molecular weight is 388 g/mol. The van der Waals surface area contributed by atoms with Gasteiger partial charge in [-0.15, -0.1) is 0 Å². The SMILES string of the molecule is COc1ccc(C(=O)COc2c(C)cc(Br)cc2Cl)cc1F. The Morgan fingerprint density at radius 1 is 1.32 bits per heavy atom. The first-order valence-corrected chi connectivity index (χ1v) is 7.54. The molecule has 0 unspecified atom stereocenters. The van der Waals surface area contributed by atoms with Gasteiger partial charge in [0, 0.05) is 10.0 Å². The van der Waals surface area contributed by atoms with Gasteiger partial charge in [-0.3, -0.25) is 4.79 Å². The van der Waals surface area contributed by atoms with E-state index >= 15 is 0 Å². The number of Topliss-reactive ketones (excluding diaryl/α,β-unsaturated/α-hetero) is 1. The lowest BCUT2D eigenvalue weighted by molar-refractivity contribution is 0.0920. The van der Waals surface area contributed by atoms with Crippen LogP contribution < -0.4 is 9.47 Å². The minimum atomic E-state index is -0.591. The van der Waals surface area contributed by atoms with Crippen LogP contribution in [0, 0.1) is 12.7 Å². The van der Waals surface area contributed by atoms with E-state index in [4.69, 9.17) is 21.1 Å². The van der Waals surface area contributed by atoms with Gasteiger partial charge in [-0.05, 0) is 42.8 Å². The van der Waals surface area contributed by atoms with Crippen LogP contribution in [0.15, 0.2) is 34.8 Å². The van der Waals surface area contributed by atoms with Crippen molar-refractivity contribution in [2.45, 2.75) is 6.92 Å². The molecule has 0 saturated carbocycles. The molecule has 0 spiro atoms. The molecule has 0 atom stereocenters. The molecule has 0 bridgehead atoms. The molecule has 116 valence electrons. The summed E-state index contributed by atoms with van der Waals surface area (Å²) in [5, 5.41) is 0.403. The zero-order valence-electron chi connectivity index (χ0n) is 12.0. The smallest absolute Gasteiger partial charge is 0.200 e. The highest BCUT2D eigenvalue weighted by Crippen LogP contribution is 2.32. The Labute approximate surface area is 141 Å². The Bertz CT molecular complexity index is 696. The quantitative estimate of drug-likeness (QED) is 0.690. The lowest BCUT2D eigenvalue weighted by Gasteiger charge is -2.11. The molecule has 3 nitrogen and oxygen atoms in total. The summed E-state index contributed by atoms with van der Waals surface area (Å²) in [4.78, 5) is 12.1. The summed E-state index contributed by atoms with van der Waals surface area (Å²) in [6.45, 7) is 1.59. The van der Waals surface area contributed by atoms with Gasteiger partial charge in [0.15, 0.2) is 24.0 Å². The Morgan fingerprint density at radius 2 is 2.05 bits per heavy atom. The lowest BCUT2D eigenvalue weighted by atomic mass is 10.1. The summed E-state index contributed by atoms with van der Waals surface area (Å²) in [5.41, 5.74) is 1.01. The van der Waals surface area contributed by atoms with Crippen LogP contribution in [0.25, 0.3) is 0 Å². The summed E-state index contributed by atoms with van der Waals surface area (Å²) in [5.74, 6) is -0.414. The van der Waals surface area contributed by atoms with Crippen LogP contribution in [-0.4, -0.2) is 19.5 Å². The number of ether oxygens (including phenoxy) is 2. The van der Waals surface area contributed by atoms with Crippen LogP contribution >= 0.6 is 27.5 Å². The molecule has 0 saturated heterocycles. The fourth-order valence-corrected chi connectivity index (χ4v) is 2.96. The summed E-state index contributed by atoms with van der Waals surface area (Å²) in [7, 11) is 1.36. The molecule has 22 heavy (non-hydrogen) atoms. The largest absolute Gasteiger partial charge is 0.494 e. The van der Waals surface area contributed by atoms with Gasteiger partial charge >= 0.3 is 0 Å². The van der Waals surface area contributed by atoms with Crippen molar-refractivity contribution < 1.29 is 18.7 Å². The molecule has 0 amide bonds. The first-order chi connectivity index (χ1) is 10.4. The molecule has 0 aliphatic rings. The number of aryl methyl sites for hydroxylation is 1. The van der Waals surface area contributed by atoms with E-state index in [1.54, 1.807) is 6.07 Å². The maximum absolute atomic E-state index is 13.6. The fraction of sp³-hybridized carbons (Fsp3) is 0.188. The van der Waals surface area contributed by atoms with Gasteiger partial charge in [-0.1, -0.05) is 27.5 Å². The third-order valence-corrected chi connectivity index (χ3v) is 3.75. The maximum atomic E-state index is 13.6. The Balaban J connectivity index is 2.12. The van der Waals surface area contributed by atoms with E-state index < -0.39 is 5.82 Å². The second kappa shape index (κ2) is 7.11. The van der Waals surface area contributed by atoms with Crippen molar-refractivity contribution in [2.75, 3.05) is 13.7 Å². The van der Waals surface area contributed by atoms with Crippen molar-refractivity contribution in [3.05, 3.63) is 56.8 Å². The molecular weight excluding hydrogens is 375 g/mol. The van der Waals surface area contributed by atoms with Gasteiger partial charge in [0.2, 0.25) is 0 Å². The minimum absolute atomic E-state index is 0.0873. The highest BCUT2D eigenvalue weighted by atomic mass is 79.9. The van der Waals surface area contributed by atoms with Crippen molar-refractivity contribution in [1.29, 1.82) is 0 Å². The number of carbonyl (C=O) groups excluding carboxylic acids is 1. The summed E-state index contributed by atoms with van der Waals surface area (Å²) < 4.78 is 24.7. The number of hydrogen-bond donors (Lipinski definition) is 0. The average Bonchev–Trinajstić information content (AvgIpc) is 2.45. The molecule has 0 aliphatic carbocycles. The molecule has 2 aromatic carbocycles. The van der Waals surface area contributed by atoms with E-state index in [9.17, 15) is 9.18 Å². The normalized spacial score (nSPS) is 10.4. The Morgan fingerprint density at radius 3 is 2.64 bits per heavy atom. The standard InChI is InChI=1S/C16H13BrClFO3/c1-9-5-11(17)7-12(18)16(9)22-8-14(20)10-3-4-15(21-2)13(19)6-10/h3-7H,8H2,1-2H3. The maximum Gasteiger partial charge on any atom is 0.200 e. The first-order valence-electron chi connectivity index (χ1n) is 6.37. The van der Waals surface area contributed by atoms with E-state index in [0.717, 1.165) is 16.1 Å². The predicted octanol–water partition coefficient (Wildman–Crippen LogP) is 4.82. The van der Waals surface area contributed by atoms with Crippen molar-refractivity contribution in [3.8, 4) is 11.5 Å².